The molecule has 2 radical (unpaired) electrons. The van der Waals surface area contributed by atoms with Crippen LogP contribution in [0.4, 0.5) is 4.39 Å². The SMILES string of the molecule is Cc1cc(F)ccc1-n1ccnc1.[B]CCCC(c1ccccc1)c1ccccc1. The van der Waals surface area contributed by atoms with Crippen LogP contribution in [0.25, 0.3) is 5.69 Å². The zero-order chi connectivity index (χ0) is 21.2. The molecule has 30 heavy (non-hydrogen) atoms. The molecule has 2 nitrogen and oxygen atoms in total. The van der Waals surface area contributed by atoms with Gasteiger partial charge in [-0.05, 0) is 48.2 Å². The lowest BCUT2D eigenvalue weighted by molar-refractivity contribution is 0.626. The molecule has 0 aliphatic heterocycles. The van der Waals surface area contributed by atoms with Crippen LogP contribution in [0.3, 0.4) is 0 Å². The number of aryl methyl sites for hydroxylation is 1. The minimum Gasteiger partial charge on any atom is -0.306 e. The quantitative estimate of drug-likeness (QED) is 0.340. The average Bonchev–Trinajstić information content (AvgIpc) is 3.31. The van der Waals surface area contributed by atoms with Crippen LogP contribution in [0.15, 0.2) is 97.6 Å². The Bertz CT molecular complexity index is 962. The summed E-state index contributed by atoms with van der Waals surface area (Å²) in [7, 11) is 5.63. The topological polar surface area (TPSA) is 17.8 Å². The first-order chi connectivity index (χ1) is 14.7. The Morgan fingerprint density at radius 3 is 2.07 bits per heavy atom. The van der Waals surface area contributed by atoms with Gasteiger partial charge in [-0.15, -0.1) is 0 Å². The first kappa shape index (κ1) is 21.6. The summed E-state index contributed by atoms with van der Waals surface area (Å²) in [6, 6.07) is 26.1. The van der Waals surface area contributed by atoms with Crippen molar-refractivity contribution in [2.45, 2.75) is 32.0 Å². The fourth-order valence-corrected chi connectivity index (χ4v) is 3.53. The third-order valence-corrected chi connectivity index (χ3v) is 5.04. The van der Waals surface area contributed by atoms with E-state index in [1.54, 1.807) is 18.6 Å². The molecule has 0 N–H and O–H groups in total. The number of hydrogen-bond donors (Lipinski definition) is 0. The predicted octanol–water partition coefficient (Wildman–Crippen LogP) is 6.51. The van der Waals surface area contributed by atoms with E-state index >= 15 is 0 Å². The minimum atomic E-state index is -0.207. The average molecular weight is 396 g/mol. The van der Waals surface area contributed by atoms with Crippen molar-refractivity contribution in [3.05, 3.63) is 120 Å². The van der Waals surface area contributed by atoms with Crippen LogP contribution in [-0.4, -0.2) is 17.4 Å². The molecule has 3 aromatic carbocycles. The van der Waals surface area contributed by atoms with Crippen molar-refractivity contribution in [3.63, 3.8) is 0 Å². The van der Waals surface area contributed by atoms with Gasteiger partial charge in [0.25, 0.3) is 0 Å². The molecule has 0 saturated heterocycles. The Kier molecular flexibility index (Phi) is 8.02. The van der Waals surface area contributed by atoms with Gasteiger partial charge in [-0.2, -0.15) is 0 Å². The van der Waals surface area contributed by atoms with Gasteiger partial charge < -0.3 is 4.57 Å². The standard InChI is InChI=1S/C16H17B.C10H9FN2/c17-13-7-12-16(14-8-3-1-4-9-14)15-10-5-2-6-11-15;1-8-6-9(11)2-3-10(8)13-5-4-12-7-13/h1-6,8-11,16H,7,12-13H2;2-7H,1H3. The number of halogens is 1. The second-order valence-electron chi connectivity index (χ2n) is 7.21. The fraction of sp³-hybridized carbons (Fsp3) is 0.192. The summed E-state index contributed by atoms with van der Waals surface area (Å²) >= 11 is 0. The summed E-state index contributed by atoms with van der Waals surface area (Å²) in [6.45, 7) is 1.87. The largest absolute Gasteiger partial charge is 0.306 e. The van der Waals surface area contributed by atoms with E-state index in [9.17, 15) is 4.39 Å². The maximum atomic E-state index is 12.8. The van der Waals surface area contributed by atoms with Crippen molar-refractivity contribution in [1.29, 1.82) is 0 Å². The van der Waals surface area contributed by atoms with E-state index in [-0.39, 0.29) is 5.82 Å². The highest BCUT2D eigenvalue weighted by Gasteiger charge is 2.12. The van der Waals surface area contributed by atoms with E-state index in [0.29, 0.717) is 5.92 Å². The van der Waals surface area contributed by atoms with E-state index in [4.69, 9.17) is 7.85 Å². The predicted molar refractivity (Wildman–Crippen MR) is 123 cm³/mol. The molecular weight excluding hydrogens is 370 g/mol. The molecule has 0 atom stereocenters. The first-order valence-electron chi connectivity index (χ1n) is 10.2. The van der Waals surface area contributed by atoms with Crippen molar-refractivity contribution in [1.82, 2.24) is 9.55 Å². The summed E-state index contributed by atoms with van der Waals surface area (Å²) < 4.78 is 14.6. The molecule has 0 amide bonds. The Labute approximate surface area is 179 Å². The van der Waals surface area contributed by atoms with Gasteiger partial charge in [0, 0.05) is 24.0 Å². The molecule has 0 spiro atoms. The monoisotopic (exact) mass is 396 g/mol. The molecule has 4 heteroatoms. The number of nitrogens with zero attached hydrogens (tertiary/aromatic N) is 2. The Morgan fingerprint density at radius 2 is 1.57 bits per heavy atom. The van der Waals surface area contributed by atoms with E-state index in [1.807, 2.05) is 17.7 Å². The number of hydrogen-bond acceptors (Lipinski definition) is 1. The van der Waals surface area contributed by atoms with Gasteiger partial charge in [-0.3, -0.25) is 0 Å². The first-order valence-corrected chi connectivity index (χ1v) is 10.2. The lowest BCUT2D eigenvalue weighted by atomic mass is 9.85. The van der Waals surface area contributed by atoms with Crippen LogP contribution in [-0.2, 0) is 0 Å². The van der Waals surface area contributed by atoms with Gasteiger partial charge >= 0.3 is 0 Å². The Balaban J connectivity index is 0.000000177. The Morgan fingerprint density at radius 1 is 0.933 bits per heavy atom. The van der Waals surface area contributed by atoms with Crippen LogP contribution < -0.4 is 0 Å². The number of benzene rings is 3. The van der Waals surface area contributed by atoms with E-state index in [1.165, 1.54) is 23.3 Å². The molecule has 150 valence electrons. The lowest BCUT2D eigenvalue weighted by Gasteiger charge is -2.17. The van der Waals surface area contributed by atoms with E-state index < -0.39 is 0 Å². The minimum absolute atomic E-state index is 0.207. The molecule has 1 heterocycles. The lowest BCUT2D eigenvalue weighted by Crippen LogP contribution is -2.00. The van der Waals surface area contributed by atoms with Crippen LogP contribution >= 0.6 is 0 Å². The highest BCUT2D eigenvalue weighted by Crippen LogP contribution is 2.29. The maximum Gasteiger partial charge on any atom is 0.123 e. The molecule has 0 fully saturated rings. The molecule has 4 aromatic rings. The summed E-state index contributed by atoms with van der Waals surface area (Å²) in [5.74, 6) is 0.266. The molecular formula is C26H26BFN2. The smallest absolute Gasteiger partial charge is 0.123 e. The van der Waals surface area contributed by atoms with Crippen LogP contribution in [0.1, 0.15) is 35.4 Å². The van der Waals surface area contributed by atoms with Crippen LogP contribution in [0.5, 0.6) is 0 Å². The third kappa shape index (κ3) is 5.93. The van der Waals surface area contributed by atoms with Crippen LogP contribution in [0.2, 0.25) is 6.32 Å². The normalized spacial score (nSPS) is 10.5. The van der Waals surface area contributed by atoms with Gasteiger partial charge in [0.05, 0.1) is 14.2 Å². The summed E-state index contributed by atoms with van der Waals surface area (Å²) in [5.41, 5.74) is 4.62. The summed E-state index contributed by atoms with van der Waals surface area (Å²) in [4.78, 5) is 3.93. The van der Waals surface area contributed by atoms with Crippen molar-refractivity contribution in [2.24, 2.45) is 0 Å². The zero-order valence-corrected chi connectivity index (χ0v) is 17.3. The highest BCUT2D eigenvalue weighted by molar-refractivity contribution is 6.08. The zero-order valence-electron chi connectivity index (χ0n) is 17.3. The van der Waals surface area contributed by atoms with Gasteiger partial charge in [-0.1, -0.05) is 73.4 Å². The maximum absolute atomic E-state index is 12.8. The number of imidazole rings is 1. The Hall–Kier alpha value is -3.14. The number of rotatable bonds is 6. The second-order valence-corrected chi connectivity index (χ2v) is 7.21. The highest BCUT2D eigenvalue weighted by atomic mass is 19.1. The van der Waals surface area contributed by atoms with Gasteiger partial charge in [0.2, 0.25) is 0 Å². The molecule has 0 aliphatic carbocycles. The third-order valence-electron chi connectivity index (χ3n) is 5.04. The van der Waals surface area contributed by atoms with Crippen LogP contribution in [0, 0.1) is 12.7 Å². The number of aromatic nitrogens is 2. The van der Waals surface area contributed by atoms with E-state index in [0.717, 1.165) is 30.4 Å². The van der Waals surface area contributed by atoms with Gasteiger partial charge in [-0.25, -0.2) is 9.37 Å². The molecule has 0 aliphatic rings. The van der Waals surface area contributed by atoms with Crippen molar-refractivity contribution < 1.29 is 4.39 Å². The molecule has 0 bridgehead atoms. The fourth-order valence-electron chi connectivity index (χ4n) is 3.53. The van der Waals surface area contributed by atoms with E-state index in [2.05, 4.69) is 65.6 Å². The second kappa shape index (κ2) is 11.2. The molecule has 0 saturated carbocycles. The summed E-state index contributed by atoms with van der Waals surface area (Å²) in [6.07, 6.45) is 8.17. The van der Waals surface area contributed by atoms with Crippen molar-refractivity contribution in [3.8, 4) is 5.69 Å². The van der Waals surface area contributed by atoms with Crippen molar-refractivity contribution in [2.75, 3.05) is 0 Å². The van der Waals surface area contributed by atoms with Gasteiger partial charge in [0.15, 0.2) is 0 Å². The van der Waals surface area contributed by atoms with Crippen molar-refractivity contribution >= 4 is 7.85 Å². The molecule has 0 unspecified atom stereocenters. The molecule has 4 rings (SSSR count). The summed E-state index contributed by atoms with van der Waals surface area (Å²) in [5, 5.41) is 0. The van der Waals surface area contributed by atoms with Gasteiger partial charge in [0.1, 0.15) is 5.82 Å². The molecule has 1 aromatic heterocycles.